The Morgan fingerprint density at radius 2 is 1.95 bits per heavy atom. The smallest absolute Gasteiger partial charge is 0.355 e. The maximum Gasteiger partial charge on any atom is 0.416 e. The van der Waals surface area contributed by atoms with Crippen molar-refractivity contribution < 1.29 is 26.4 Å². The molecule has 1 heterocycles. The Morgan fingerprint density at radius 1 is 1.24 bits per heavy atom. The molecule has 0 atom stereocenters. The van der Waals surface area contributed by atoms with Crippen molar-refractivity contribution in [3.05, 3.63) is 29.8 Å². The summed E-state index contributed by atoms with van der Waals surface area (Å²) in [4.78, 5) is 10.9. The first kappa shape index (κ1) is 15.8. The fourth-order valence-electron chi connectivity index (χ4n) is 1.97. The van der Waals surface area contributed by atoms with Crippen molar-refractivity contribution >= 4 is 15.9 Å². The quantitative estimate of drug-likeness (QED) is 0.890. The van der Waals surface area contributed by atoms with Crippen molar-refractivity contribution in [2.45, 2.75) is 17.5 Å². The van der Waals surface area contributed by atoms with Crippen molar-refractivity contribution in [3.63, 3.8) is 0 Å². The Labute approximate surface area is 119 Å². The highest BCUT2D eigenvalue weighted by atomic mass is 32.2. The molecule has 0 aromatic heterocycles. The first-order chi connectivity index (χ1) is 9.71. The number of carbonyl (C=O) groups is 1. The Morgan fingerprint density at radius 3 is 2.62 bits per heavy atom. The predicted molar refractivity (Wildman–Crippen MR) is 67.8 cm³/mol. The van der Waals surface area contributed by atoms with Crippen molar-refractivity contribution in [2.24, 2.45) is 0 Å². The molecule has 1 N–H and O–H groups in total. The Balaban J connectivity index is 2.37. The Hall–Kier alpha value is -1.61. The molecule has 2 rings (SSSR count). The summed E-state index contributed by atoms with van der Waals surface area (Å²) in [6.45, 7) is 0.0311. The van der Waals surface area contributed by atoms with E-state index in [2.05, 4.69) is 5.32 Å². The lowest BCUT2D eigenvalue weighted by Crippen LogP contribution is -2.37. The highest BCUT2D eigenvalue weighted by Crippen LogP contribution is 2.31. The van der Waals surface area contributed by atoms with Gasteiger partial charge < -0.3 is 5.32 Å². The largest absolute Gasteiger partial charge is 0.416 e. The number of nitrogens with zero attached hydrogens (tertiary/aromatic N) is 1. The van der Waals surface area contributed by atoms with Gasteiger partial charge in [-0.15, -0.1) is 0 Å². The molecule has 9 heteroatoms. The van der Waals surface area contributed by atoms with Crippen LogP contribution in [0.25, 0.3) is 0 Å². The molecule has 0 spiro atoms. The number of hydrogen-bond donors (Lipinski definition) is 1. The van der Waals surface area contributed by atoms with Gasteiger partial charge in [-0.3, -0.25) is 4.79 Å². The minimum absolute atomic E-state index is 0.0807. The number of benzene rings is 1. The van der Waals surface area contributed by atoms with Crippen LogP contribution in [0.4, 0.5) is 13.2 Å². The summed E-state index contributed by atoms with van der Waals surface area (Å²) >= 11 is 0. The SMILES string of the molecule is O=C1CN(S(=O)(=O)c2cccc(C(F)(F)F)c2)CCCN1. The molecule has 0 unspecified atom stereocenters. The van der Waals surface area contributed by atoms with E-state index in [1.165, 1.54) is 0 Å². The van der Waals surface area contributed by atoms with E-state index in [1.807, 2.05) is 0 Å². The molecule has 0 radical (unpaired) electrons. The van der Waals surface area contributed by atoms with Gasteiger partial charge in [-0.2, -0.15) is 17.5 Å². The van der Waals surface area contributed by atoms with Gasteiger partial charge in [0.05, 0.1) is 17.0 Å². The van der Waals surface area contributed by atoms with Crippen LogP contribution in [0.1, 0.15) is 12.0 Å². The van der Waals surface area contributed by atoms with Gasteiger partial charge in [0.2, 0.25) is 15.9 Å². The number of carbonyl (C=O) groups excluding carboxylic acids is 1. The first-order valence-corrected chi connectivity index (χ1v) is 7.59. The van der Waals surface area contributed by atoms with Crippen LogP contribution in [-0.4, -0.2) is 38.3 Å². The van der Waals surface area contributed by atoms with E-state index in [1.54, 1.807) is 0 Å². The van der Waals surface area contributed by atoms with Gasteiger partial charge in [0.1, 0.15) is 0 Å². The minimum atomic E-state index is -4.62. The molecular weight excluding hydrogens is 309 g/mol. The van der Waals surface area contributed by atoms with Gasteiger partial charge in [-0.05, 0) is 24.6 Å². The van der Waals surface area contributed by atoms with Crippen molar-refractivity contribution in [3.8, 4) is 0 Å². The van der Waals surface area contributed by atoms with Gasteiger partial charge in [0.15, 0.2) is 0 Å². The van der Waals surface area contributed by atoms with Gasteiger partial charge >= 0.3 is 6.18 Å². The summed E-state index contributed by atoms with van der Waals surface area (Å²) in [5.74, 6) is -0.469. The summed E-state index contributed by atoms with van der Waals surface area (Å²) in [6.07, 6.45) is -4.22. The molecule has 0 bridgehead atoms. The lowest BCUT2D eigenvalue weighted by Gasteiger charge is -2.19. The molecule has 5 nitrogen and oxygen atoms in total. The molecule has 1 aliphatic heterocycles. The second-order valence-corrected chi connectivity index (χ2v) is 6.51. The number of alkyl halides is 3. The zero-order chi connectivity index (χ0) is 15.7. The topological polar surface area (TPSA) is 66.5 Å². The van der Waals surface area contributed by atoms with Gasteiger partial charge in [0.25, 0.3) is 0 Å². The van der Waals surface area contributed by atoms with Crippen LogP contribution in [0, 0.1) is 0 Å². The minimum Gasteiger partial charge on any atom is -0.355 e. The monoisotopic (exact) mass is 322 g/mol. The van der Waals surface area contributed by atoms with E-state index < -0.39 is 39.1 Å². The first-order valence-electron chi connectivity index (χ1n) is 6.15. The number of rotatable bonds is 2. The summed E-state index contributed by atoms with van der Waals surface area (Å²) in [7, 11) is -4.13. The van der Waals surface area contributed by atoms with Crippen molar-refractivity contribution in [2.75, 3.05) is 19.6 Å². The molecule has 1 aliphatic rings. The van der Waals surface area contributed by atoms with Crippen molar-refractivity contribution in [1.29, 1.82) is 0 Å². The molecule has 1 aromatic rings. The van der Waals surface area contributed by atoms with E-state index in [-0.39, 0.29) is 6.54 Å². The zero-order valence-electron chi connectivity index (χ0n) is 10.9. The van der Waals surface area contributed by atoms with E-state index in [0.717, 1.165) is 22.5 Å². The van der Waals surface area contributed by atoms with E-state index in [9.17, 15) is 26.4 Å². The van der Waals surface area contributed by atoms with Crippen LogP contribution in [0.2, 0.25) is 0 Å². The van der Waals surface area contributed by atoms with Gasteiger partial charge in [0, 0.05) is 13.1 Å². The normalized spacial score (nSPS) is 18.1. The van der Waals surface area contributed by atoms with E-state index in [4.69, 9.17) is 0 Å². The number of nitrogens with one attached hydrogen (secondary N) is 1. The Bertz CT molecular complexity index is 643. The lowest BCUT2D eigenvalue weighted by atomic mass is 10.2. The number of halogens is 3. The van der Waals surface area contributed by atoms with Gasteiger partial charge in [-0.1, -0.05) is 6.07 Å². The molecular formula is C12H13F3N2O3S. The average molecular weight is 322 g/mol. The molecule has 1 saturated heterocycles. The predicted octanol–water partition coefficient (Wildman–Crippen LogP) is 1.22. The van der Waals surface area contributed by atoms with E-state index in [0.29, 0.717) is 19.0 Å². The van der Waals surface area contributed by atoms with Crippen LogP contribution < -0.4 is 5.32 Å². The second kappa shape index (κ2) is 5.64. The second-order valence-electron chi connectivity index (χ2n) is 4.57. The molecule has 1 amide bonds. The third-order valence-electron chi connectivity index (χ3n) is 3.03. The highest BCUT2D eigenvalue weighted by Gasteiger charge is 2.33. The maximum absolute atomic E-state index is 12.7. The fraction of sp³-hybridized carbons (Fsp3) is 0.417. The standard InChI is InChI=1S/C12H13F3N2O3S/c13-12(14,15)9-3-1-4-10(7-9)21(19,20)17-6-2-5-16-11(18)8-17/h1,3-4,7H,2,5-6,8H2,(H,16,18). The van der Waals surface area contributed by atoms with Crippen LogP contribution in [0.5, 0.6) is 0 Å². The summed E-state index contributed by atoms with van der Waals surface area (Å²) < 4.78 is 63.5. The molecule has 116 valence electrons. The zero-order valence-corrected chi connectivity index (χ0v) is 11.7. The molecule has 1 aromatic carbocycles. The maximum atomic E-state index is 12.7. The highest BCUT2D eigenvalue weighted by molar-refractivity contribution is 7.89. The molecule has 1 fully saturated rings. The third kappa shape index (κ3) is 3.53. The molecule has 0 aliphatic carbocycles. The van der Waals surface area contributed by atoms with Crippen LogP contribution in [-0.2, 0) is 21.0 Å². The number of sulfonamides is 1. The van der Waals surface area contributed by atoms with Gasteiger partial charge in [-0.25, -0.2) is 8.42 Å². The number of amides is 1. The lowest BCUT2D eigenvalue weighted by molar-refractivity contribution is -0.137. The van der Waals surface area contributed by atoms with Crippen LogP contribution in [0.3, 0.4) is 0 Å². The molecule has 0 saturated carbocycles. The Kier molecular flexibility index (Phi) is 4.24. The summed E-state index contributed by atoms with van der Waals surface area (Å²) in [5.41, 5.74) is -1.04. The summed E-state index contributed by atoms with van der Waals surface area (Å²) in [5, 5.41) is 2.51. The third-order valence-corrected chi connectivity index (χ3v) is 4.87. The number of hydrogen-bond acceptors (Lipinski definition) is 3. The van der Waals surface area contributed by atoms with Crippen molar-refractivity contribution in [1.82, 2.24) is 9.62 Å². The average Bonchev–Trinajstić information content (AvgIpc) is 2.63. The van der Waals surface area contributed by atoms with E-state index >= 15 is 0 Å². The fourth-order valence-corrected chi connectivity index (χ4v) is 3.45. The summed E-state index contributed by atoms with van der Waals surface area (Å²) in [6, 6.07) is 3.51. The molecule has 21 heavy (non-hydrogen) atoms. The van der Waals surface area contributed by atoms with Crippen LogP contribution in [0.15, 0.2) is 29.2 Å². The van der Waals surface area contributed by atoms with Crippen LogP contribution >= 0.6 is 0 Å².